The second kappa shape index (κ2) is 10.4. The molecule has 138 valence electrons. The van der Waals surface area contributed by atoms with Gasteiger partial charge in [0.05, 0.1) is 6.54 Å². The average molecular weight is 461 g/mol. The second-order valence-electron chi connectivity index (χ2n) is 6.18. The maximum absolute atomic E-state index is 12.3. The first kappa shape index (κ1) is 21.4. The van der Waals surface area contributed by atoms with Crippen LogP contribution in [0.25, 0.3) is 0 Å². The number of amides is 1. The summed E-state index contributed by atoms with van der Waals surface area (Å²) in [6.07, 6.45) is 2.76. The second-order valence-corrected chi connectivity index (χ2v) is 7.34. The van der Waals surface area contributed by atoms with Crippen molar-refractivity contribution in [3.63, 3.8) is 0 Å². The summed E-state index contributed by atoms with van der Waals surface area (Å²) in [5.74, 6) is -0.358. The Labute approximate surface area is 162 Å². The molecule has 0 bridgehead atoms. The minimum atomic E-state index is -0.624. The Morgan fingerprint density at radius 3 is 2.48 bits per heavy atom. The largest absolute Gasteiger partial charge is 0.462 e. The van der Waals surface area contributed by atoms with E-state index < -0.39 is 11.7 Å². The number of hydrogen-bond acceptors (Lipinski definition) is 5. The third-order valence-corrected chi connectivity index (χ3v) is 3.80. The smallest absolute Gasteiger partial charge is 0.434 e. The Morgan fingerprint density at radius 1 is 1.20 bits per heavy atom. The van der Waals surface area contributed by atoms with Gasteiger partial charge < -0.3 is 9.47 Å². The third kappa shape index (κ3) is 9.45. The van der Waals surface area contributed by atoms with Crippen LogP contribution in [0.3, 0.4) is 0 Å². The first-order valence-corrected chi connectivity index (χ1v) is 8.92. The zero-order chi connectivity index (χ0) is 18.9. The van der Waals surface area contributed by atoms with Crippen LogP contribution in [0, 0.1) is 3.57 Å². The summed E-state index contributed by atoms with van der Waals surface area (Å²) in [6.45, 7) is 7.29. The van der Waals surface area contributed by atoms with Crippen LogP contribution in [0.5, 0.6) is 0 Å². The van der Waals surface area contributed by atoms with Crippen molar-refractivity contribution in [1.82, 2.24) is 5.06 Å². The molecule has 1 aromatic rings. The lowest BCUT2D eigenvalue weighted by Crippen LogP contribution is -2.37. The zero-order valence-corrected chi connectivity index (χ0v) is 17.1. The van der Waals surface area contributed by atoms with Crippen molar-refractivity contribution in [3.05, 3.63) is 45.6 Å². The SMILES string of the molecule is CC(=O)OCC=CCN(OCc1ccccc1I)C(=O)OC(C)(C)C. The highest BCUT2D eigenvalue weighted by molar-refractivity contribution is 14.1. The number of carbonyl (C=O) groups is 2. The van der Waals surface area contributed by atoms with Gasteiger partial charge in [-0.1, -0.05) is 24.3 Å². The van der Waals surface area contributed by atoms with Crippen molar-refractivity contribution in [3.8, 4) is 0 Å². The molecule has 0 atom stereocenters. The summed E-state index contributed by atoms with van der Waals surface area (Å²) < 4.78 is 11.2. The molecule has 1 aromatic carbocycles. The summed E-state index contributed by atoms with van der Waals surface area (Å²) in [7, 11) is 0. The quantitative estimate of drug-likeness (QED) is 0.265. The van der Waals surface area contributed by atoms with Crippen LogP contribution in [0.4, 0.5) is 4.79 Å². The van der Waals surface area contributed by atoms with Crippen LogP contribution >= 0.6 is 22.6 Å². The third-order valence-electron chi connectivity index (χ3n) is 2.75. The molecular weight excluding hydrogens is 437 g/mol. The summed E-state index contributed by atoms with van der Waals surface area (Å²) in [5.41, 5.74) is 0.349. The van der Waals surface area contributed by atoms with Crippen LogP contribution in [-0.4, -0.2) is 35.9 Å². The van der Waals surface area contributed by atoms with Gasteiger partial charge in [0.25, 0.3) is 0 Å². The molecule has 0 saturated carbocycles. The monoisotopic (exact) mass is 461 g/mol. The first-order valence-electron chi connectivity index (χ1n) is 7.84. The van der Waals surface area contributed by atoms with Crippen LogP contribution in [0.1, 0.15) is 33.3 Å². The molecule has 0 aliphatic carbocycles. The average Bonchev–Trinajstić information content (AvgIpc) is 2.49. The van der Waals surface area contributed by atoms with Gasteiger partial charge in [0.1, 0.15) is 18.8 Å². The molecule has 25 heavy (non-hydrogen) atoms. The van der Waals surface area contributed by atoms with Gasteiger partial charge in [-0.25, -0.2) is 4.79 Å². The van der Waals surface area contributed by atoms with E-state index in [4.69, 9.17) is 14.3 Å². The Hall–Kier alpha value is -1.61. The molecule has 0 aliphatic heterocycles. The van der Waals surface area contributed by atoms with Crippen LogP contribution < -0.4 is 0 Å². The van der Waals surface area contributed by atoms with Gasteiger partial charge >= 0.3 is 12.1 Å². The molecule has 0 fully saturated rings. The fourth-order valence-electron chi connectivity index (χ4n) is 1.66. The van der Waals surface area contributed by atoms with Crippen LogP contribution in [-0.2, 0) is 25.7 Å². The molecule has 6 nitrogen and oxygen atoms in total. The molecule has 7 heteroatoms. The first-order chi connectivity index (χ1) is 11.7. The van der Waals surface area contributed by atoms with Crippen LogP contribution in [0.15, 0.2) is 36.4 Å². The summed E-state index contributed by atoms with van der Waals surface area (Å²) in [5, 5.41) is 1.15. The number of esters is 1. The highest BCUT2D eigenvalue weighted by atomic mass is 127. The molecule has 1 rings (SSSR count). The maximum atomic E-state index is 12.3. The molecule has 0 spiro atoms. The van der Waals surface area contributed by atoms with Gasteiger partial charge in [-0.2, -0.15) is 5.06 Å². The van der Waals surface area contributed by atoms with E-state index in [2.05, 4.69) is 22.6 Å². The Balaban J connectivity index is 2.68. The zero-order valence-electron chi connectivity index (χ0n) is 15.0. The van der Waals surface area contributed by atoms with E-state index in [0.29, 0.717) is 0 Å². The Kier molecular flexibility index (Phi) is 8.91. The summed E-state index contributed by atoms with van der Waals surface area (Å²) >= 11 is 2.22. The molecule has 0 aromatic heterocycles. The van der Waals surface area contributed by atoms with Crippen LogP contribution in [0.2, 0.25) is 0 Å². The molecule has 0 N–H and O–H groups in total. The van der Waals surface area contributed by atoms with E-state index in [1.54, 1.807) is 32.9 Å². The molecule has 0 radical (unpaired) electrons. The number of carbonyl (C=O) groups excluding carboxylic acids is 2. The molecule has 0 aliphatic rings. The highest BCUT2D eigenvalue weighted by Crippen LogP contribution is 2.15. The van der Waals surface area contributed by atoms with Crippen molar-refractivity contribution in [2.24, 2.45) is 0 Å². The van der Waals surface area contributed by atoms with Gasteiger partial charge in [0.2, 0.25) is 0 Å². The minimum Gasteiger partial charge on any atom is -0.462 e. The lowest BCUT2D eigenvalue weighted by atomic mass is 10.2. The van der Waals surface area contributed by atoms with E-state index in [-0.39, 0.29) is 25.7 Å². The van der Waals surface area contributed by atoms with Crippen molar-refractivity contribution in [2.45, 2.75) is 39.9 Å². The maximum Gasteiger partial charge on any atom is 0.434 e. The van der Waals surface area contributed by atoms with Gasteiger partial charge in [-0.15, -0.1) is 0 Å². The molecular formula is C18H24INO5. The van der Waals surface area contributed by atoms with Crippen molar-refractivity contribution in [2.75, 3.05) is 13.2 Å². The standard InChI is InChI=1S/C18H24INO5/c1-14(21)23-12-8-7-11-20(17(22)25-18(2,3)4)24-13-15-9-5-6-10-16(15)19/h5-10H,11-13H2,1-4H3. The van der Waals surface area contributed by atoms with Crippen molar-refractivity contribution >= 4 is 34.7 Å². The van der Waals surface area contributed by atoms with E-state index in [1.807, 2.05) is 24.3 Å². The van der Waals surface area contributed by atoms with Crippen molar-refractivity contribution < 1.29 is 23.9 Å². The molecule has 1 amide bonds. The number of ether oxygens (including phenoxy) is 2. The fraction of sp³-hybridized carbons (Fsp3) is 0.444. The Morgan fingerprint density at radius 2 is 1.88 bits per heavy atom. The summed E-state index contributed by atoms with van der Waals surface area (Å²) in [6, 6.07) is 7.76. The molecule has 0 unspecified atom stereocenters. The molecule has 0 saturated heterocycles. The number of hydroxylamine groups is 2. The highest BCUT2D eigenvalue weighted by Gasteiger charge is 2.22. The van der Waals surface area contributed by atoms with Gasteiger partial charge in [0, 0.05) is 10.5 Å². The summed E-state index contributed by atoms with van der Waals surface area (Å²) in [4.78, 5) is 28.7. The topological polar surface area (TPSA) is 65.1 Å². The number of halogens is 1. The molecule has 0 heterocycles. The van der Waals surface area contributed by atoms with Gasteiger partial charge in [-0.3, -0.25) is 9.63 Å². The predicted molar refractivity (Wildman–Crippen MR) is 103 cm³/mol. The van der Waals surface area contributed by atoms with E-state index >= 15 is 0 Å². The predicted octanol–water partition coefficient (Wildman–Crippen LogP) is 4.08. The lowest BCUT2D eigenvalue weighted by Gasteiger charge is -2.26. The number of benzene rings is 1. The Bertz CT molecular complexity index is 610. The van der Waals surface area contributed by atoms with Gasteiger partial charge in [0.15, 0.2) is 0 Å². The van der Waals surface area contributed by atoms with E-state index in [1.165, 1.54) is 6.92 Å². The lowest BCUT2D eigenvalue weighted by molar-refractivity contribution is -0.150. The normalized spacial score (nSPS) is 11.4. The van der Waals surface area contributed by atoms with E-state index in [9.17, 15) is 9.59 Å². The fourth-order valence-corrected chi connectivity index (χ4v) is 2.20. The van der Waals surface area contributed by atoms with Crippen molar-refractivity contribution in [1.29, 1.82) is 0 Å². The number of hydrogen-bond donors (Lipinski definition) is 0. The minimum absolute atomic E-state index is 0.147. The number of rotatable bonds is 7. The number of nitrogens with zero attached hydrogens (tertiary/aromatic N) is 1. The van der Waals surface area contributed by atoms with E-state index in [0.717, 1.165) is 14.2 Å². The van der Waals surface area contributed by atoms with Gasteiger partial charge in [-0.05, 0) is 61.1 Å².